The lowest BCUT2D eigenvalue weighted by Crippen LogP contribution is -2.40. The smallest absolute Gasteiger partial charge is 0.325 e. The van der Waals surface area contributed by atoms with E-state index in [1.807, 2.05) is 37.3 Å². The third-order valence-electron chi connectivity index (χ3n) is 3.93. The Hall–Kier alpha value is -2.30. The number of nitrogens with one attached hydrogen (secondary N) is 1. The number of hydrogen-bond acceptors (Lipinski definition) is 3. The molecule has 0 saturated carbocycles. The second kappa shape index (κ2) is 4.91. The van der Waals surface area contributed by atoms with Crippen molar-refractivity contribution in [2.75, 3.05) is 6.54 Å². The molecule has 5 heteroatoms. The second-order valence-corrected chi connectivity index (χ2v) is 5.51. The predicted molar refractivity (Wildman–Crippen MR) is 78.7 cm³/mol. The number of hydrogen-bond donors (Lipinski definition) is 1. The summed E-state index contributed by atoms with van der Waals surface area (Å²) in [4.78, 5) is 25.9. The predicted octanol–water partition coefficient (Wildman–Crippen LogP) is 3.00. The van der Waals surface area contributed by atoms with Gasteiger partial charge in [0.15, 0.2) is 5.54 Å². The Morgan fingerprint density at radius 1 is 1.29 bits per heavy atom. The van der Waals surface area contributed by atoms with Gasteiger partial charge in [-0.2, -0.15) is 0 Å². The van der Waals surface area contributed by atoms with Crippen LogP contribution in [0, 0.1) is 0 Å². The number of furan rings is 1. The fraction of sp³-hybridized carbons (Fsp3) is 0.375. The number of nitrogens with zero attached hydrogens (tertiary/aromatic N) is 1. The molecule has 1 aliphatic rings. The van der Waals surface area contributed by atoms with E-state index in [0.717, 1.165) is 18.2 Å². The highest BCUT2D eigenvalue weighted by Crippen LogP contribution is 2.33. The van der Waals surface area contributed by atoms with Crippen molar-refractivity contribution in [2.45, 2.75) is 32.2 Å². The molecule has 1 unspecified atom stereocenters. The van der Waals surface area contributed by atoms with Crippen molar-refractivity contribution in [2.24, 2.45) is 0 Å². The Morgan fingerprint density at radius 3 is 2.76 bits per heavy atom. The standard InChI is InChI=1S/C16H18N2O3/c1-3-4-9-18-14(19)16(2,17-15(18)20)13-10-11-7-5-6-8-12(11)21-13/h5-8,10H,3-4,9H2,1-2H3,(H,17,20). The van der Waals surface area contributed by atoms with Crippen molar-refractivity contribution in [1.29, 1.82) is 0 Å². The zero-order valence-corrected chi connectivity index (χ0v) is 12.2. The van der Waals surface area contributed by atoms with Crippen LogP contribution in [-0.4, -0.2) is 23.4 Å². The molecule has 1 aliphatic heterocycles. The van der Waals surface area contributed by atoms with E-state index in [1.165, 1.54) is 4.90 Å². The van der Waals surface area contributed by atoms with E-state index in [4.69, 9.17) is 4.42 Å². The molecule has 2 heterocycles. The number of carbonyl (C=O) groups is 2. The van der Waals surface area contributed by atoms with Gasteiger partial charge in [-0.25, -0.2) is 4.79 Å². The summed E-state index contributed by atoms with van der Waals surface area (Å²) in [5, 5.41) is 3.68. The third-order valence-corrected chi connectivity index (χ3v) is 3.93. The number of urea groups is 1. The number of unbranched alkanes of at least 4 members (excludes halogenated alkanes) is 1. The summed E-state index contributed by atoms with van der Waals surface area (Å²) in [7, 11) is 0. The van der Waals surface area contributed by atoms with Gasteiger partial charge in [0.25, 0.3) is 5.91 Å². The van der Waals surface area contributed by atoms with Crippen molar-refractivity contribution >= 4 is 22.9 Å². The van der Waals surface area contributed by atoms with Crippen molar-refractivity contribution in [1.82, 2.24) is 10.2 Å². The van der Waals surface area contributed by atoms with Crippen LogP contribution in [0.3, 0.4) is 0 Å². The first kappa shape index (κ1) is 13.7. The Balaban J connectivity index is 1.96. The van der Waals surface area contributed by atoms with Crippen LogP contribution in [-0.2, 0) is 10.3 Å². The van der Waals surface area contributed by atoms with Crippen molar-refractivity contribution < 1.29 is 14.0 Å². The van der Waals surface area contributed by atoms with Crippen LogP contribution in [0.2, 0.25) is 0 Å². The van der Waals surface area contributed by atoms with Crippen molar-refractivity contribution in [3.8, 4) is 0 Å². The minimum absolute atomic E-state index is 0.250. The number of amides is 3. The van der Waals surface area contributed by atoms with Gasteiger partial charge < -0.3 is 9.73 Å². The Bertz CT molecular complexity index is 673. The van der Waals surface area contributed by atoms with Gasteiger partial charge in [0.1, 0.15) is 11.3 Å². The molecular weight excluding hydrogens is 268 g/mol. The molecule has 1 N–H and O–H groups in total. The van der Waals surface area contributed by atoms with Crippen LogP contribution >= 0.6 is 0 Å². The summed E-state index contributed by atoms with van der Waals surface area (Å²) in [6, 6.07) is 9.01. The lowest BCUT2D eigenvalue weighted by atomic mass is 9.99. The normalized spacial score (nSPS) is 22.1. The van der Waals surface area contributed by atoms with E-state index in [9.17, 15) is 9.59 Å². The summed E-state index contributed by atoms with van der Waals surface area (Å²) in [5.41, 5.74) is -0.410. The van der Waals surface area contributed by atoms with Crippen molar-refractivity contribution in [3.63, 3.8) is 0 Å². The highest BCUT2D eigenvalue weighted by molar-refractivity contribution is 6.07. The number of para-hydroxylation sites is 1. The monoisotopic (exact) mass is 286 g/mol. The maximum atomic E-state index is 12.6. The number of benzene rings is 1. The quantitative estimate of drug-likeness (QED) is 0.879. The SMILES string of the molecule is CCCCN1C(=O)NC(C)(c2cc3ccccc3o2)C1=O. The number of carbonyl (C=O) groups excluding carboxylic acids is 2. The first-order valence-electron chi connectivity index (χ1n) is 7.19. The highest BCUT2D eigenvalue weighted by atomic mass is 16.3. The average Bonchev–Trinajstić information content (AvgIpc) is 2.99. The van der Waals surface area contributed by atoms with E-state index in [-0.39, 0.29) is 11.9 Å². The highest BCUT2D eigenvalue weighted by Gasteiger charge is 2.50. The fourth-order valence-electron chi connectivity index (χ4n) is 2.61. The summed E-state index contributed by atoms with van der Waals surface area (Å²) < 4.78 is 5.76. The zero-order valence-electron chi connectivity index (χ0n) is 12.2. The van der Waals surface area contributed by atoms with Crippen LogP contribution in [0.15, 0.2) is 34.7 Å². The van der Waals surface area contributed by atoms with Gasteiger partial charge in [-0.3, -0.25) is 9.69 Å². The molecule has 0 radical (unpaired) electrons. The number of imide groups is 1. The van der Waals surface area contributed by atoms with Crippen LogP contribution in [0.25, 0.3) is 11.0 Å². The molecule has 1 aromatic heterocycles. The molecule has 3 amide bonds. The number of rotatable bonds is 4. The van der Waals surface area contributed by atoms with Gasteiger partial charge in [-0.1, -0.05) is 31.5 Å². The van der Waals surface area contributed by atoms with Gasteiger partial charge in [0, 0.05) is 11.9 Å². The maximum Gasteiger partial charge on any atom is 0.325 e. The summed E-state index contributed by atoms with van der Waals surface area (Å²) in [6.45, 7) is 4.16. The molecule has 3 rings (SSSR count). The topological polar surface area (TPSA) is 62.6 Å². The van der Waals surface area contributed by atoms with Crippen LogP contribution in [0.4, 0.5) is 4.79 Å². The summed E-state index contributed by atoms with van der Waals surface area (Å²) in [5.74, 6) is 0.223. The third kappa shape index (κ3) is 2.09. The van der Waals surface area contributed by atoms with E-state index < -0.39 is 5.54 Å². The van der Waals surface area contributed by atoms with E-state index >= 15 is 0 Å². The molecule has 0 aliphatic carbocycles. The van der Waals surface area contributed by atoms with Crippen LogP contribution in [0.1, 0.15) is 32.4 Å². The first-order chi connectivity index (χ1) is 10.1. The fourth-order valence-corrected chi connectivity index (χ4v) is 2.61. The summed E-state index contributed by atoms with van der Waals surface area (Å²) >= 11 is 0. The second-order valence-electron chi connectivity index (χ2n) is 5.51. The van der Waals surface area contributed by atoms with Crippen molar-refractivity contribution in [3.05, 3.63) is 36.1 Å². The van der Waals surface area contributed by atoms with Gasteiger partial charge in [0.05, 0.1) is 0 Å². The molecule has 0 spiro atoms. The maximum absolute atomic E-state index is 12.6. The Labute approximate surface area is 122 Å². The van der Waals surface area contributed by atoms with Crippen LogP contribution in [0.5, 0.6) is 0 Å². The van der Waals surface area contributed by atoms with Crippen LogP contribution < -0.4 is 5.32 Å². The summed E-state index contributed by atoms with van der Waals surface area (Å²) in [6.07, 6.45) is 1.73. The minimum atomic E-state index is -1.12. The number of fused-ring (bicyclic) bond motifs is 1. The molecule has 1 aromatic carbocycles. The molecule has 110 valence electrons. The van der Waals surface area contributed by atoms with Gasteiger partial charge in [0.2, 0.25) is 0 Å². The van der Waals surface area contributed by atoms with E-state index in [2.05, 4.69) is 5.32 Å². The molecule has 0 bridgehead atoms. The molecular formula is C16H18N2O3. The lowest BCUT2D eigenvalue weighted by molar-refractivity contribution is -0.131. The molecule has 1 saturated heterocycles. The molecule has 1 fully saturated rings. The average molecular weight is 286 g/mol. The molecule has 21 heavy (non-hydrogen) atoms. The largest absolute Gasteiger partial charge is 0.458 e. The zero-order chi connectivity index (χ0) is 15.0. The van der Waals surface area contributed by atoms with E-state index in [1.54, 1.807) is 6.92 Å². The van der Waals surface area contributed by atoms with E-state index in [0.29, 0.717) is 17.9 Å². The van der Waals surface area contributed by atoms with Gasteiger partial charge >= 0.3 is 6.03 Å². The Kier molecular flexibility index (Phi) is 3.20. The Morgan fingerprint density at radius 2 is 2.05 bits per heavy atom. The molecule has 2 aromatic rings. The molecule has 1 atom stereocenters. The molecule has 5 nitrogen and oxygen atoms in total. The lowest BCUT2D eigenvalue weighted by Gasteiger charge is -2.18. The van der Waals surface area contributed by atoms with Gasteiger partial charge in [-0.15, -0.1) is 0 Å². The minimum Gasteiger partial charge on any atom is -0.458 e. The van der Waals surface area contributed by atoms with Gasteiger partial charge in [-0.05, 0) is 25.5 Å². The first-order valence-corrected chi connectivity index (χ1v) is 7.19.